The van der Waals surface area contributed by atoms with Crippen LogP contribution in [-0.4, -0.2) is 0 Å². The van der Waals surface area contributed by atoms with Crippen molar-refractivity contribution in [2.75, 3.05) is 10.9 Å². The second kappa shape index (κ2) is 8.53. The molecule has 0 heterocycles. The van der Waals surface area contributed by atoms with Crippen molar-refractivity contribution in [1.29, 1.82) is 0 Å². The highest BCUT2D eigenvalue weighted by atomic mass is 31.1. The van der Waals surface area contributed by atoms with Gasteiger partial charge in [0.25, 0.3) is 0 Å². The average Bonchev–Trinajstić information content (AvgIpc) is 2.76. The van der Waals surface area contributed by atoms with Gasteiger partial charge in [-0.3, -0.25) is 0 Å². The van der Waals surface area contributed by atoms with E-state index in [-0.39, 0.29) is 0 Å². The van der Waals surface area contributed by atoms with Crippen LogP contribution in [0.5, 0.6) is 0 Å². The second-order valence-electron chi connectivity index (χ2n) is 6.14. The van der Waals surface area contributed by atoms with E-state index in [0.29, 0.717) is 0 Å². The molecule has 0 aliphatic carbocycles. The zero-order valence-electron chi connectivity index (χ0n) is 14.9. The Balaban J connectivity index is 1.72. The zero-order valence-corrected chi connectivity index (χ0v) is 15.8. The number of nitrogens with one attached hydrogen (secondary N) is 2. The second-order valence-corrected chi connectivity index (χ2v) is 8.33. The van der Waals surface area contributed by atoms with E-state index >= 15 is 0 Å². The van der Waals surface area contributed by atoms with Crippen molar-refractivity contribution in [3.05, 3.63) is 115 Å². The Bertz CT molecular complexity index is 933. The minimum Gasteiger partial charge on any atom is -0.301 e. The topological polar surface area (TPSA) is 24.1 Å². The first-order valence-corrected chi connectivity index (χ1v) is 10.3. The number of para-hydroxylation sites is 2. The summed E-state index contributed by atoms with van der Waals surface area (Å²) in [5, 5.41) is 3.98. The highest BCUT2D eigenvalue weighted by Crippen LogP contribution is 2.35. The van der Waals surface area contributed by atoms with Crippen LogP contribution < -0.4 is 26.8 Å². The predicted octanol–water partition coefficient (Wildman–Crippen LogP) is 4.88. The molecule has 2 nitrogen and oxygen atoms in total. The van der Waals surface area contributed by atoms with Crippen molar-refractivity contribution in [1.82, 2.24) is 0 Å². The maximum atomic E-state index is 3.42. The van der Waals surface area contributed by atoms with E-state index in [1.54, 1.807) is 0 Å². The third-order valence-electron chi connectivity index (χ3n) is 4.29. The summed E-state index contributed by atoms with van der Waals surface area (Å²) in [7, 11) is -0.650. The van der Waals surface area contributed by atoms with Crippen molar-refractivity contribution in [3.8, 4) is 0 Å². The van der Waals surface area contributed by atoms with E-state index in [9.17, 15) is 0 Å². The van der Waals surface area contributed by atoms with Gasteiger partial charge in [-0.1, -0.05) is 97.1 Å². The Morgan fingerprint density at radius 1 is 0.444 bits per heavy atom. The molecule has 0 aliphatic rings. The largest absolute Gasteiger partial charge is 0.301 e. The van der Waals surface area contributed by atoms with Gasteiger partial charge in [-0.2, -0.15) is 0 Å². The first kappa shape index (κ1) is 17.3. The molecule has 0 unspecified atom stereocenters. The Kier molecular flexibility index (Phi) is 5.47. The summed E-state index contributed by atoms with van der Waals surface area (Å²) in [6.07, 6.45) is 0. The Morgan fingerprint density at radius 3 is 1.52 bits per heavy atom. The summed E-state index contributed by atoms with van der Waals surface area (Å²) in [5.41, 5.74) is 8.87. The molecule has 3 heteroatoms. The van der Waals surface area contributed by atoms with E-state index in [0.717, 1.165) is 11.4 Å². The quantitative estimate of drug-likeness (QED) is 0.374. The molecule has 4 aromatic rings. The van der Waals surface area contributed by atoms with Gasteiger partial charge in [-0.05, 0) is 36.7 Å². The molecule has 0 amide bonds. The molecule has 0 bridgehead atoms. The van der Waals surface area contributed by atoms with Gasteiger partial charge in [-0.15, -0.1) is 0 Å². The van der Waals surface area contributed by atoms with E-state index in [4.69, 9.17) is 0 Å². The summed E-state index contributed by atoms with van der Waals surface area (Å²) in [4.78, 5) is 0. The van der Waals surface area contributed by atoms with Gasteiger partial charge in [0.2, 0.25) is 0 Å². The first-order valence-electron chi connectivity index (χ1n) is 8.98. The molecule has 0 spiro atoms. The molecule has 0 aliphatic heterocycles. The predicted molar refractivity (Wildman–Crippen MR) is 119 cm³/mol. The van der Waals surface area contributed by atoms with Crippen LogP contribution in [0.15, 0.2) is 115 Å². The smallest absolute Gasteiger partial charge is 0.0623 e. The van der Waals surface area contributed by atoms with E-state index in [1.807, 2.05) is 30.3 Å². The van der Waals surface area contributed by atoms with Gasteiger partial charge in [0.15, 0.2) is 0 Å². The summed E-state index contributed by atoms with van der Waals surface area (Å²) in [5.74, 6) is 0. The maximum absolute atomic E-state index is 3.42. The van der Waals surface area contributed by atoms with Crippen LogP contribution in [0.25, 0.3) is 0 Å². The molecule has 0 radical (unpaired) electrons. The van der Waals surface area contributed by atoms with Crippen molar-refractivity contribution < 1.29 is 0 Å². The van der Waals surface area contributed by atoms with Crippen molar-refractivity contribution in [2.45, 2.75) is 0 Å². The molecule has 2 N–H and O–H groups in total. The molecular formula is C24H21N2P. The van der Waals surface area contributed by atoms with Crippen LogP contribution in [-0.2, 0) is 0 Å². The molecule has 4 aromatic carbocycles. The van der Waals surface area contributed by atoms with Crippen LogP contribution in [0.1, 0.15) is 0 Å². The molecule has 0 fully saturated rings. The summed E-state index contributed by atoms with van der Waals surface area (Å²) >= 11 is 0. The molecule has 132 valence electrons. The van der Waals surface area contributed by atoms with Crippen LogP contribution in [0.4, 0.5) is 11.4 Å². The number of rotatable bonds is 6. The van der Waals surface area contributed by atoms with Crippen LogP contribution in [0.2, 0.25) is 0 Å². The third-order valence-corrected chi connectivity index (χ3v) is 6.79. The fraction of sp³-hybridized carbons (Fsp3) is 0. The Hall–Kier alpha value is -3.09. The van der Waals surface area contributed by atoms with Gasteiger partial charge in [-0.25, -0.2) is 0 Å². The molecule has 0 saturated carbocycles. The fourth-order valence-electron chi connectivity index (χ4n) is 3.02. The van der Waals surface area contributed by atoms with Crippen LogP contribution >= 0.6 is 7.92 Å². The molecule has 0 aromatic heterocycles. The molecular weight excluding hydrogens is 347 g/mol. The van der Waals surface area contributed by atoms with Gasteiger partial charge in [0.1, 0.15) is 0 Å². The highest BCUT2D eigenvalue weighted by molar-refractivity contribution is 7.80. The lowest BCUT2D eigenvalue weighted by atomic mass is 10.3. The fourth-order valence-corrected chi connectivity index (χ4v) is 5.42. The van der Waals surface area contributed by atoms with Crippen molar-refractivity contribution >= 4 is 35.2 Å². The standard InChI is InChI=1S/C24H21N2P/c1-4-12-20(13-5-1)25-26-23-18-10-11-19-24(23)27(21-14-6-2-7-15-21)22-16-8-3-9-17-22/h1-19,25-26H. The van der Waals surface area contributed by atoms with E-state index in [2.05, 4.69) is 95.8 Å². The van der Waals surface area contributed by atoms with Crippen molar-refractivity contribution in [2.24, 2.45) is 0 Å². The zero-order chi connectivity index (χ0) is 18.3. The van der Waals surface area contributed by atoms with E-state index in [1.165, 1.54) is 15.9 Å². The van der Waals surface area contributed by atoms with Gasteiger partial charge in [0.05, 0.1) is 11.4 Å². The number of benzene rings is 4. The summed E-state index contributed by atoms with van der Waals surface area (Å²) in [6.45, 7) is 0. The maximum Gasteiger partial charge on any atom is 0.0623 e. The third kappa shape index (κ3) is 4.19. The number of hydrogen-bond acceptors (Lipinski definition) is 2. The number of hydrogen-bond donors (Lipinski definition) is 2. The van der Waals surface area contributed by atoms with Crippen LogP contribution in [0, 0.1) is 0 Å². The molecule has 0 atom stereocenters. The highest BCUT2D eigenvalue weighted by Gasteiger charge is 2.19. The Labute approximate surface area is 161 Å². The lowest BCUT2D eigenvalue weighted by Crippen LogP contribution is -2.24. The normalized spacial score (nSPS) is 10.6. The lowest BCUT2D eigenvalue weighted by Gasteiger charge is -2.23. The summed E-state index contributed by atoms with van der Waals surface area (Å²) in [6, 6.07) is 40.2. The van der Waals surface area contributed by atoms with E-state index < -0.39 is 7.92 Å². The number of anilines is 2. The lowest BCUT2D eigenvalue weighted by molar-refractivity contribution is 1.43. The monoisotopic (exact) mass is 368 g/mol. The molecule has 0 saturated heterocycles. The minimum absolute atomic E-state index is 0.650. The molecule has 4 rings (SSSR count). The van der Waals surface area contributed by atoms with Gasteiger partial charge < -0.3 is 10.9 Å². The number of hydrazine groups is 1. The van der Waals surface area contributed by atoms with Gasteiger partial charge in [0, 0.05) is 5.30 Å². The summed E-state index contributed by atoms with van der Waals surface area (Å²) < 4.78 is 0. The Morgan fingerprint density at radius 2 is 0.926 bits per heavy atom. The molecule has 27 heavy (non-hydrogen) atoms. The average molecular weight is 368 g/mol. The minimum atomic E-state index is -0.650. The van der Waals surface area contributed by atoms with Gasteiger partial charge >= 0.3 is 0 Å². The van der Waals surface area contributed by atoms with Crippen LogP contribution in [0.3, 0.4) is 0 Å². The SMILES string of the molecule is c1ccc(NNc2ccccc2P(c2ccccc2)c2ccccc2)cc1. The van der Waals surface area contributed by atoms with Crippen molar-refractivity contribution in [3.63, 3.8) is 0 Å². The first-order chi connectivity index (χ1) is 13.4.